The molecular weight excluding hydrogens is 322 g/mol. The molecule has 1 saturated heterocycles. The summed E-state index contributed by atoms with van der Waals surface area (Å²) in [6, 6.07) is 0. The normalized spacial score (nSPS) is 18.4. The van der Waals surface area contributed by atoms with Gasteiger partial charge < -0.3 is 9.16 Å². The first-order valence-corrected chi connectivity index (χ1v) is 11.5. The van der Waals surface area contributed by atoms with Crippen LogP contribution in [0.5, 0.6) is 0 Å². The molecule has 138 valence electrons. The Labute approximate surface area is 147 Å². The second-order valence-electron chi connectivity index (χ2n) is 8.81. The van der Waals surface area contributed by atoms with Gasteiger partial charge in [0.2, 0.25) is 0 Å². The summed E-state index contributed by atoms with van der Waals surface area (Å²) in [6.45, 7) is 17.4. The maximum atomic E-state index is 12.3. The molecule has 0 N–H and O–H groups in total. The van der Waals surface area contributed by atoms with Crippen LogP contribution in [0.1, 0.15) is 54.4 Å². The molecule has 0 aromatic carbocycles. The van der Waals surface area contributed by atoms with Crippen molar-refractivity contribution in [3.8, 4) is 0 Å². The number of imide groups is 1. The largest absolute Gasteiger partial charge is 0.443 e. The Morgan fingerprint density at radius 1 is 1.21 bits per heavy atom. The molecule has 5 nitrogen and oxygen atoms in total. The highest BCUT2D eigenvalue weighted by Gasteiger charge is 2.37. The second-order valence-corrected chi connectivity index (χ2v) is 13.6. The van der Waals surface area contributed by atoms with E-state index in [1.165, 1.54) is 4.90 Å². The summed E-state index contributed by atoms with van der Waals surface area (Å²) < 4.78 is 11.4. The lowest BCUT2D eigenvalue weighted by Crippen LogP contribution is -2.40. The average Bonchev–Trinajstić information content (AvgIpc) is 2.73. The number of ether oxygens (including phenoxy) is 1. The number of amides is 2. The average molecular weight is 356 g/mol. The van der Waals surface area contributed by atoms with E-state index in [0.29, 0.717) is 31.6 Å². The lowest BCUT2D eigenvalue weighted by Gasteiger charge is -2.36. The molecule has 2 amide bonds. The molecule has 0 unspecified atom stereocenters. The molecule has 1 aliphatic rings. The molecule has 0 aliphatic carbocycles. The molecule has 1 rings (SSSR count). The molecule has 0 atom stereocenters. The smallest absolute Gasteiger partial charge is 0.417 e. The SMILES string of the molecule is CC(C)(C)OC(=O)N1CC/C(=C\CCO[Si](C)(C)C(C)(C)C)C1=O. The Bertz CT molecular complexity index is 512. The summed E-state index contributed by atoms with van der Waals surface area (Å²) in [7, 11) is -1.76. The number of hydrogen-bond acceptors (Lipinski definition) is 4. The third-order valence-corrected chi connectivity index (χ3v) is 9.05. The zero-order valence-corrected chi connectivity index (χ0v) is 17.5. The fourth-order valence-corrected chi connectivity index (χ4v) is 3.12. The third-order valence-electron chi connectivity index (χ3n) is 4.52. The van der Waals surface area contributed by atoms with Crippen molar-refractivity contribution in [2.45, 2.75) is 78.1 Å². The standard InChI is InChI=1S/C18H33NO4Si/c1-17(2,3)23-16(21)19-12-11-14(15(19)20)10-9-13-22-24(7,8)18(4,5)6/h10H,9,11-13H2,1-8H3/b14-10+. The highest BCUT2D eigenvalue weighted by Crippen LogP contribution is 2.36. The Hall–Kier alpha value is -1.14. The van der Waals surface area contributed by atoms with Gasteiger partial charge in [0.1, 0.15) is 5.60 Å². The minimum Gasteiger partial charge on any atom is -0.443 e. The van der Waals surface area contributed by atoms with Crippen molar-refractivity contribution in [1.29, 1.82) is 0 Å². The first-order chi connectivity index (χ1) is 10.7. The molecule has 1 fully saturated rings. The van der Waals surface area contributed by atoms with Crippen LogP contribution in [0.2, 0.25) is 18.1 Å². The molecule has 0 saturated carbocycles. The summed E-state index contributed by atoms with van der Waals surface area (Å²) in [5.41, 5.74) is 0.0839. The monoisotopic (exact) mass is 355 g/mol. The van der Waals surface area contributed by atoms with Gasteiger partial charge in [-0.3, -0.25) is 4.79 Å². The summed E-state index contributed by atoms with van der Waals surface area (Å²) in [6.07, 6.45) is 2.61. The van der Waals surface area contributed by atoms with E-state index in [2.05, 4.69) is 33.9 Å². The summed E-state index contributed by atoms with van der Waals surface area (Å²) in [5.74, 6) is -0.239. The summed E-state index contributed by atoms with van der Waals surface area (Å²) >= 11 is 0. The Kier molecular flexibility index (Phi) is 6.44. The Balaban J connectivity index is 2.54. The van der Waals surface area contributed by atoms with Crippen molar-refractivity contribution < 1.29 is 18.8 Å². The van der Waals surface area contributed by atoms with E-state index in [1.807, 2.05) is 6.08 Å². The number of hydrogen-bond donors (Lipinski definition) is 0. The number of carbonyl (C=O) groups excluding carboxylic acids is 2. The van der Waals surface area contributed by atoms with Crippen LogP contribution in [-0.2, 0) is 14.0 Å². The van der Waals surface area contributed by atoms with Crippen molar-refractivity contribution in [3.05, 3.63) is 11.6 Å². The number of nitrogens with zero attached hydrogens (tertiary/aromatic N) is 1. The number of likely N-dealkylation sites (tertiary alicyclic amines) is 1. The van der Waals surface area contributed by atoms with Crippen molar-refractivity contribution >= 4 is 20.3 Å². The molecule has 0 aromatic rings. The minimum absolute atomic E-state index is 0.177. The van der Waals surface area contributed by atoms with E-state index in [9.17, 15) is 9.59 Å². The molecule has 1 aliphatic heterocycles. The van der Waals surface area contributed by atoms with Crippen molar-refractivity contribution in [2.24, 2.45) is 0 Å². The van der Waals surface area contributed by atoms with E-state index in [0.717, 1.165) is 0 Å². The molecule has 6 heteroatoms. The van der Waals surface area contributed by atoms with E-state index < -0.39 is 20.0 Å². The molecule has 0 aromatic heterocycles. The molecule has 0 bridgehead atoms. The van der Waals surface area contributed by atoms with Gasteiger partial charge in [0.25, 0.3) is 5.91 Å². The van der Waals surface area contributed by atoms with Crippen LogP contribution < -0.4 is 0 Å². The van der Waals surface area contributed by atoms with Crippen molar-refractivity contribution in [3.63, 3.8) is 0 Å². The van der Waals surface area contributed by atoms with E-state index in [-0.39, 0.29) is 10.9 Å². The lowest BCUT2D eigenvalue weighted by atomic mass is 10.2. The zero-order chi connectivity index (χ0) is 18.8. The van der Waals surface area contributed by atoms with Gasteiger partial charge in [0.15, 0.2) is 8.32 Å². The van der Waals surface area contributed by atoms with Gasteiger partial charge >= 0.3 is 6.09 Å². The van der Waals surface area contributed by atoms with Crippen LogP contribution in [0.25, 0.3) is 0 Å². The van der Waals surface area contributed by atoms with Crippen LogP contribution in [0.4, 0.5) is 4.79 Å². The van der Waals surface area contributed by atoms with Gasteiger partial charge in [0, 0.05) is 18.7 Å². The minimum atomic E-state index is -1.76. The fourth-order valence-electron chi connectivity index (χ4n) is 2.06. The maximum absolute atomic E-state index is 12.3. The highest BCUT2D eigenvalue weighted by molar-refractivity contribution is 6.74. The maximum Gasteiger partial charge on any atom is 0.417 e. The van der Waals surface area contributed by atoms with E-state index in [4.69, 9.17) is 9.16 Å². The zero-order valence-electron chi connectivity index (χ0n) is 16.5. The topological polar surface area (TPSA) is 55.8 Å². The van der Waals surface area contributed by atoms with Crippen LogP contribution in [0, 0.1) is 0 Å². The predicted molar refractivity (Wildman–Crippen MR) is 98.4 cm³/mol. The quantitative estimate of drug-likeness (QED) is 0.423. The van der Waals surface area contributed by atoms with Gasteiger partial charge in [-0.1, -0.05) is 26.8 Å². The predicted octanol–water partition coefficient (Wildman–Crippen LogP) is 4.49. The number of rotatable bonds is 4. The van der Waals surface area contributed by atoms with E-state index >= 15 is 0 Å². The van der Waals surface area contributed by atoms with Gasteiger partial charge in [-0.25, -0.2) is 9.69 Å². The summed E-state index contributed by atoms with van der Waals surface area (Å²) in [4.78, 5) is 25.5. The van der Waals surface area contributed by atoms with Crippen LogP contribution in [-0.4, -0.2) is 44.0 Å². The first-order valence-electron chi connectivity index (χ1n) is 8.62. The molecular formula is C18H33NO4Si. The van der Waals surface area contributed by atoms with Gasteiger partial charge in [0.05, 0.1) is 0 Å². The molecule has 1 heterocycles. The summed E-state index contributed by atoms with van der Waals surface area (Å²) in [5, 5.41) is 0.177. The Morgan fingerprint density at radius 3 is 2.29 bits per heavy atom. The molecule has 24 heavy (non-hydrogen) atoms. The lowest BCUT2D eigenvalue weighted by molar-refractivity contribution is -0.124. The highest BCUT2D eigenvalue weighted by atomic mass is 28.4. The van der Waals surface area contributed by atoms with Crippen LogP contribution in [0.15, 0.2) is 11.6 Å². The van der Waals surface area contributed by atoms with Crippen molar-refractivity contribution in [1.82, 2.24) is 4.90 Å². The van der Waals surface area contributed by atoms with Crippen LogP contribution in [0.3, 0.4) is 0 Å². The first kappa shape index (κ1) is 20.9. The number of carbonyl (C=O) groups is 2. The van der Waals surface area contributed by atoms with Crippen LogP contribution >= 0.6 is 0 Å². The molecule has 0 radical (unpaired) electrons. The van der Waals surface area contributed by atoms with E-state index in [1.54, 1.807) is 20.8 Å². The van der Waals surface area contributed by atoms with Gasteiger partial charge in [-0.15, -0.1) is 0 Å². The van der Waals surface area contributed by atoms with Crippen molar-refractivity contribution in [2.75, 3.05) is 13.2 Å². The second kappa shape index (κ2) is 7.40. The molecule has 0 spiro atoms. The fraction of sp³-hybridized carbons (Fsp3) is 0.778. The third kappa shape index (κ3) is 5.74. The van der Waals surface area contributed by atoms with Gasteiger partial charge in [-0.05, 0) is 51.7 Å². The van der Waals surface area contributed by atoms with Gasteiger partial charge in [-0.2, -0.15) is 0 Å². The Morgan fingerprint density at radius 2 is 1.79 bits per heavy atom.